The summed E-state index contributed by atoms with van der Waals surface area (Å²) in [5, 5.41) is 7.60. The molecule has 14 heteroatoms. The highest BCUT2D eigenvalue weighted by molar-refractivity contribution is 8.00. The second kappa shape index (κ2) is 11.4. The van der Waals surface area contributed by atoms with Gasteiger partial charge < -0.3 is 25.4 Å². The van der Waals surface area contributed by atoms with E-state index in [1.807, 2.05) is 13.0 Å². The van der Waals surface area contributed by atoms with E-state index in [-0.39, 0.29) is 22.2 Å². The third kappa shape index (κ3) is 5.82. The van der Waals surface area contributed by atoms with Crippen LogP contribution in [0.5, 0.6) is 0 Å². The molecule has 2 aliphatic rings. The van der Waals surface area contributed by atoms with Gasteiger partial charge in [0.2, 0.25) is 6.29 Å². The largest absolute Gasteiger partial charge is 0.426 e. The normalized spacial score (nSPS) is 20.7. The zero-order chi connectivity index (χ0) is 25.7. The minimum Gasteiger partial charge on any atom is -0.426 e. The number of aromatic nitrogens is 1. The molecule has 188 valence electrons. The van der Waals surface area contributed by atoms with Crippen LogP contribution >= 0.6 is 23.1 Å². The first-order valence-electron chi connectivity index (χ1n) is 10.5. The number of thiazole rings is 1. The van der Waals surface area contributed by atoms with Crippen LogP contribution in [0, 0.1) is 0 Å². The molecule has 0 spiro atoms. The van der Waals surface area contributed by atoms with E-state index < -0.39 is 41.5 Å². The second-order valence-corrected chi connectivity index (χ2v) is 9.32. The lowest BCUT2D eigenvalue weighted by Gasteiger charge is -2.49. The molecule has 0 aromatic carbocycles. The first kappa shape index (κ1) is 26.2. The fraction of sp³-hybridized carbons (Fsp3) is 0.429. The fourth-order valence-corrected chi connectivity index (χ4v) is 5.25. The number of rotatable bonds is 9. The zero-order valence-electron chi connectivity index (χ0n) is 19.5. The van der Waals surface area contributed by atoms with Gasteiger partial charge in [-0.05, 0) is 12.0 Å². The molecule has 1 unspecified atom stereocenters. The van der Waals surface area contributed by atoms with E-state index >= 15 is 0 Å². The molecule has 0 aliphatic carbocycles. The van der Waals surface area contributed by atoms with Gasteiger partial charge in [0.15, 0.2) is 10.8 Å². The number of allylic oxidation sites excluding steroid dienone is 2. The lowest BCUT2D eigenvalue weighted by atomic mass is 10.0. The average molecular weight is 524 g/mol. The molecule has 3 atom stereocenters. The average Bonchev–Trinajstić information content (AvgIpc) is 3.23. The summed E-state index contributed by atoms with van der Waals surface area (Å²) >= 11 is 2.51. The Morgan fingerprint density at radius 1 is 1.40 bits per heavy atom. The molecule has 1 aromatic heterocycles. The molecule has 2 amide bonds. The number of β-lactam (4-membered cyclic amide) rings is 1. The molecule has 1 aromatic rings. The number of esters is 2. The lowest BCUT2D eigenvalue weighted by Crippen LogP contribution is -2.71. The SMILES string of the molecule is CCC=CC1=C(C(=O)OC(C)OC(C)=O)N2C(=O)[C@@H](NC(=O)C(=NOC)c3csc(N)n3)[C@@H]2SC1. The quantitative estimate of drug-likeness (QED) is 0.158. The van der Waals surface area contributed by atoms with Crippen LogP contribution in [-0.4, -0.2) is 69.9 Å². The number of nitrogens with zero attached hydrogens (tertiary/aromatic N) is 3. The summed E-state index contributed by atoms with van der Waals surface area (Å²) in [5.74, 6) is -2.20. The summed E-state index contributed by atoms with van der Waals surface area (Å²) in [6.45, 7) is 4.53. The van der Waals surface area contributed by atoms with Gasteiger partial charge in [-0.15, -0.1) is 23.1 Å². The molecule has 0 bridgehead atoms. The Morgan fingerprint density at radius 3 is 2.74 bits per heavy atom. The van der Waals surface area contributed by atoms with Gasteiger partial charge in [-0.2, -0.15) is 0 Å². The number of carbonyl (C=O) groups excluding carboxylic acids is 4. The molecule has 3 heterocycles. The van der Waals surface area contributed by atoms with Gasteiger partial charge in [-0.3, -0.25) is 19.3 Å². The minimum atomic E-state index is -1.14. The number of nitrogens with one attached hydrogen (secondary N) is 1. The molecule has 1 saturated heterocycles. The molecule has 0 saturated carbocycles. The molecule has 35 heavy (non-hydrogen) atoms. The van der Waals surface area contributed by atoms with Crippen molar-refractivity contribution in [1.29, 1.82) is 0 Å². The van der Waals surface area contributed by atoms with Gasteiger partial charge in [0.05, 0.1) is 0 Å². The maximum atomic E-state index is 13.1. The number of oxime groups is 1. The van der Waals surface area contributed by atoms with Crippen molar-refractivity contribution >= 4 is 57.7 Å². The smallest absolute Gasteiger partial charge is 0.358 e. The fourth-order valence-electron chi connectivity index (χ4n) is 3.39. The summed E-state index contributed by atoms with van der Waals surface area (Å²) in [6, 6.07) is -0.920. The van der Waals surface area contributed by atoms with Gasteiger partial charge >= 0.3 is 11.9 Å². The zero-order valence-corrected chi connectivity index (χ0v) is 21.1. The van der Waals surface area contributed by atoms with Gasteiger partial charge in [0, 0.05) is 25.0 Å². The number of amides is 2. The number of fused-ring (bicyclic) bond motifs is 1. The molecular weight excluding hydrogens is 498 g/mol. The van der Waals surface area contributed by atoms with Gasteiger partial charge in [0.1, 0.15) is 29.9 Å². The van der Waals surface area contributed by atoms with Gasteiger partial charge in [-0.1, -0.05) is 24.2 Å². The molecular formula is C21H25N5O7S2. The number of anilines is 1. The summed E-state index contributed by atoms with van der Waals surface area (Å²) < 4.78 is 10.1. The summed E-state index contributed by atoms with van der Waals surface area (Å²) in [7, 11) is 1.28. The second-order valence-electron chi connectivity index (χ2n) is 7.32. The highest BCUT2D eigenvalue weighted by Crippen LogP contribution is 2.41. The Morgan fingerprint density at radius 2 is 2.14 bits per heavy atom. The number of thioether (sulfide) groups is 1. The third-order valence-electron chi connectivity index (χ3n) is 4.80. The number of nitrogen functional groups attached to an aromatic ring is 1. The van der Waals surface area contributed by atoms with Gasteiger partial charge in [-0.25, -0.2) is 9.78 Å². The lowest BCUT2D eigenvalue weighted by molar-refractivity contribution is -0.182. The molecule has 3 N–H and O–H groups in total. The van der Waals surface area contributed by atoms with Crippen LogP contribution in [0.3, 0.4) is 0 Å². The van der Waals surface area contributed by atoms with Crippen LogP contribution in [0.15, 0.2) is 34.0 Å². The van der Waals surface area contributed by atoms with Crippen LogP contribution in [0.4, 0.5) is 5.13 Å². The van der Waals surface area contributed by atoms with E-state index in [1.54, 1.807) is 11.5 Å². The van der Waals surface area contributed by atoms with E-state index in [0.29, 0.717) is 11.3 Å². The van der Waals surface area contributed by atoms with Crippen LogP contribution in [0.1, 0.15) is 32.9 Å². The van der Waals surface area contributed by atoms with Gasteiger partial charge in [0.25, 0.3) is 11.8 Å². The van der Waals surface area contributed by atoms with E-state index in [0.717, 1.165) is 17.8 Å². The molecule has 12 nitrogen and oxygen atoms in total. The molecule has 0 radical (unpaired) electrons. The first-order chi connectivity index (χ1) is 16.7. The topological polar surface area (TPSA) is 163 Å². The van der Waals surface area contributed by atoms with Crippen LogP contribution < -0.4 is 11.1 Å². The van der Waals surface area contributed by atoms with Crippen molar-refractivity contribution in [1.82, 2.24) is 15.2 Å². The monoisotopic (exact) mass is 523 g/mol. The highest BCUT2D eigenvalue weighted by Gasteiger charge is 2.54. The number of hydrogen-bond acceptors (Lipinski definition) is 12. The van der Waals surface area contributed by atoms with Crippen molar-refractivity contribution in [3.63, 3.8) is 0 Å². The number of ether oxygens (including phenoxy) is 2. The summed E-state index contributed by atoms with van der Waals surface area (Å²) in [6.07, 6.45) is 3.20. The minimum absolute atomic E-state index is 0.0472. The van der Waals surface area contributed by atoms with E-state index in [2.05, 4.69) is 15.5 Å². The summed E-state index contributed by atoms with van der Waals surface area (Å²) in [5.41, 5.74) is 6.36. The van der Waals surface area contributed by atoms with E-state index in [1.165, 1.54) is 37.6 Å². The predicted octanol–water partition coefficient (Wildman–Crippen LogP) is 1.15. The number of nitrogens with two attached hydrogens (primary N) is 1. The van der Waals surface area contributed by atoms with Crippen LogP contribution in [0.2, 0.25) is 0 Å². The maximum absolute atomic E-state index is 13.1. The van der Waals surface area contributed by atoms with Crippen molar-refractivity contribution < 1.29 is 33.5 Å². The van der Waals surface area contributed by atoms with Crippen molar-refractivity contribution in [2.75, 3.05) is 18.6 Å². The number of hydrogen-bond donors (Lipinski definition) is 2. The third-order valence-corrected chi connectivity index (χ3v) is 6.78. The van der Waals surface area contributed by atoms with Crippen LogP contribution in [0.25, 0.3) is 0 Å². The van der Waals surface area contributed by atoms with Crippen molar-refractivity contribution in [2.45, 2.75) is 44.9 Å². The Kier molecular flexibility index (Phi) is 8.51. The molecule has 1 fully saturated rings. The number of carbonyl (C=O) groups is 4. The maximum Gasteiger partial charge on any atom is 0.358 e. The van der Waals surface area contributed by atoms with Crippen LogP contribution in [-0.2, 0) is 33.5 Å². The van der Waals surface area contributed by atoms with Crippen molar-refractivity contribution in [3.05, 3.63) is 34.5 Å². The Balaban J connectivity index is 1.81. The standard InChI is InChI=1S/C21H25N5O7S2/c1-5-6-7-12-8-34-19-15(24-17(28)14(25-31-4)13-9-35-21(22)23-13)18(29)26(19)16(12)20(30)33-11(3)32-10(2)27/h6-7,9,11,15,19H,5,8H2,1-4H3,(H2,22,23)(H,24,28)/t11?,15-,19+/m1/s1. The van der Waals surface area contributed by atoms with Crippen molar-refractivity contribution in [2.24, 2.45) is 5.16 Å². The van der Waals surface area contributed by atoms with Crippen molar-refractivity contribution in [3.8, 4) is 0 Å². The first-order valence-corrected chi connectivity index (χ1v) is 12.5. The van der Waals surface area contributed by atoms with E-state index in [4.69, 9.17) is 20.0 Å². The molecule has 3 rings (SSSR count). The van der Waals surface area contributed by atoms with E-state index in [9.17, 15) is 19.2 Å². The highest BCUT2D eigenvalue weighted by atomic mass is 32.2. The molecule has 2 aliphatic heterocycles. The summed E-state index contributed by atoms with van der Waals surface area (Å²) in [4.78, 5) is 60.2. The Labute approximate surface area is 209 Å². The Hall–Kier alpha value is -3.39. The predicted molar refractivity (Wildman–Crippen MR) is 129 cm³/mol. The Bertz CT molecular complexity index is 1110.